The molecular formula is C13H12BrCl2NOS. The van der Waals surface area contributed by atoms with Crippen LogP contribution >= 0.6 is 50.5 Å². The predicted octanol–water partition coefficient (Wildman–Crippen LogP) is 5.83. The van der Waals surface area contributed by atoms with Gasteiger partial charge in [0, 0.05) is 9.85 Å². The molecule has 0 spiro atoms. The monoisotopic (exact) mass is 379 g/mol. The number of ether oxygens (including phenoxy) is 1. The summed E-state index contributed by atoms with van der Waals surface area (Å²) < 4.78 is 6.89. The molecule has 0 saturated heterocycles. The molecule has 0 fully saturated rings. The average molecular weight is 381 g/mol. The van der Waals surface area contributed by atoms with Crippen LogP contribution in [-0.2, 0) is 5.88 Å². The first-order chi connectivity index (χ1) is 9.13. The van der Waals surface area contributed by atoms with Crippen LogP contribution in [0.3, 0.4) is 0 Å². The minimum Gasteiger partial charge on any atom is -0.482 e. The highest BCUT2D eigenvalue weighted by Gasteiger charge is 2.17. The highest BCUT2D eigenvalue weighted by Crippen LogP contribution is 2.33. The average Bonchev–Trinajstić information content (AvgIpc) is 2.88. The second-order valence-corrected chi connectivity index (χ2v) is 6.38. The maximum absolute atomic E-state index is 6.13. The molecule has 102 valence electrons. The summed E-state index contributed by atoms with van der Waals surface area (Å²) in [5.74, 6) is 1.08. The molecule has 19 heavy (non-hydrogen) atoms. The summed E-state index contributed by atoms with van der Waals surface area (Å²) in [6.07, 6.45) is 0.715. The largest absolute Gasteiger partial charge is 0.482 e. The molecule has 1 heterocycles. The van der Waals surface area contributed by atoms with E-state index in [4.69, 9.17) is 27.9 Å². The smallest absolute Gasteiger partial charge is 0.150 e. The number of aromatic nitrogens is 1. The van der Waals surface area contributed by atoms with Crippen LogP contribution in [0.25, 0.3) is 0 Å². The number of thiazole rings is 1. The van der Waals surface area contributed by atoms with Crippen molar-refractivity contribution >= 4 is 50.5 Å². The number of benzene rings is 1. The van der Waals surface area contributed by atoms with Crippen molar-refractivity contribution in [2.24, 2.45) is 0 Å². The first kappa shape index (κ1) is 15.1. The molecule has 0 aliphatic rings. The molecule has 0 bridgehead atoms. The summed E-state index contributed by atoms with van der Waals surface area (Å²) in [6, 6.07) is 5.55. The lowest BCUT2D eigenvalue weighted by Crippen LogP contribution is -2.06. The maximum atomic E-state index is 6.13. The van der Waals surface area contributed by atoms with E-state index >= 15 is 0 Å². The molecular weight excluding hydrogens is 369 g/mol. The van der Waals surface area contributed by atoms with E-state index in [0.717, 1.165) is 21.6 Å². The predicted molar refractivity (Wildman–Crippen MR) is 84.5 cm³/mol. The Morgan fingerprint density at radius 1 is 1.47 bits per heavy atom. The van der Waals surface area contributed by atoms with Gasteiger partial charge in [0.1, 0.15) is 16.9 Å². The van der Waals surface area contributed by atoms with Crippen molar-refractivity contribution in [2.45, 2.75) is 25.3 Å². The third-order valence-electron chi connectivity index (χ3n) is 2.52. The van der Waals surface area contributed by atoms with Crippen LogP contribution < -0.4 is 4.74 Å². The standard InChI is InChI=1S/C13H12BrCl2NOS/c1-2-11(13-17-9(6-15)7-19-13)18-12-5-8(14)3-4-10(12)16/h3-5,7,11H,2,6H2,1H3. The lowest BCUT2D eigenvalue weighted by Gasteiger charge is -2.16. The summed E-state index contributed by atoms with van der Waals surface area (Å²) in [7, 11) is 0. The molecule has 1 aromatic carbocycles. The SMILES string of the molecule is CCC(Oc1cc(Br)ccc1Cl)c1nc(CCl)cs1. The van der Waals surface area contributed by atoms with Gasteiger partial charge in [-0.3, -0.25) is 0 Å². The summed E-state index contributed by atoms with van der Waals surface area (Å²) >= 11 is 16.9. The van der Waals surface area contributed by atoms with Crippen LogP contribution in [0.1, 0.15) is 30.2 Å². The molecule has 0 N–H and O–H groups in total. The minimum atomic E-state index is -0.103. The van der Waals surface area contributed by atoms with Gasteiger partial charge in [0.15, 0.2) is 0 Å². The molecule has 0 amide bonds. The van der Waals surface area contributed by atoms with E-state index in [0.29, 0.717) is 16.7 Å². The van der Waals surface area contributed by atoms with Crippen molar-refractivity contribution in [3.05, 3.63) is 43.8 Å². The molecule has 0 aliphatic heterocycles. The Balaban J connectivity index is 2.21. The van der Waals surface area contributed by atoms with E-state index in [9.17, 15) is 0 Å². The van der Waals surface area contributed by atoms with Gasteiger partial charge >= 0.3 is 0 Å². The van der Waals surface area contributed by atoms with Crippen molar-refractivity contribution in [3.63, 3.8) is 0 Å². The molecule has 2 rings (SSSR count). The Labute approximate surface area is 134 Å². The van der Waals surface area contributed by atoms with Crippen LogP contribution in [0.2, 0.25) is 5.02 Å². The van der Waals surface area contributed by atoms with Gasteiger partial charge in [-0.15, -0.1) is 22.9 Å². The lowest BCUT2D eigenvalue weighted by atomic mass is 10.3. The molecule has 1 unspecified atom stereocenters. The zero-order valence-corrected chi connectivity index (χ0v) is 14.1. The van der Waals surface area contributed by atoms with Crippen molar-refractivity contribution in [1.29, 1.82) is 0 Å². The van der Waals surface area contributed by atoms with Gasteiger partial charge in [-0.1, -0.05) is 34.5 Å². The van der Waals surface area contributed by atoms with E-state index in [1.54, 1.807) is 17.4 Å². The van der Waals surface area contributed by atoms with Gasteiger partial charge in [-0.05, 0) is 24.6 Å². The quantitative estimate of drug-likeness (QED) is 0.609. The Kier molecular flexibility index (Phi) is 5.51. The molecule has 2 nitrogen and oxygen atoms in total. The third-order valence-corrected chi connectivity index (χ3v) is 4.58. The maximum Gasteiger partial charge on any atom is 0.150 e. The van der Waals surface area contributed by atoms with E-state index < -0.39 is 0 Å². The van der Waals surface area contributed by atoms with E-state index in [2.05, 4.69) is 27.8 Å². The molecule has 2 aromatic rings. The molecule has 0 radical (unpaired) electrons. The van der Waals surface area contributed by atoms with Gasteiger partial charge in [-0.2, -0.15) is 0 Å². The zero-order chi connectivity index (χ0) is 13.8. The summed E-state index contributed by atoms with van der Waals surface area (Å²) in [5, 5.41) is 3.47. The second-order valence-electron chi connectivity index (χ2n) is 3.90. The fourth-order valence-corrected chi connectivity index (χ4v) is 3.22. The van der Waals surface area contributed by atoms with E-state index in [1.807, 2.05) is 17.5 Å². The van der Waals surface area contributed by atoms with Crippen molar-refractivity contribution in [1.82, 2.24) is 4.98 Å². The highest BCUT2D eigenvalue weighted by molar-refractivity contribution is 9.10. The van der Waals surface area contributed by atoms with Crippen LogP contribution in [0.5, 0.6) is 5.75 Å². The second kappa shape index (κ2) is 6.93. The number of hydrogen-bond donors (Lipinski definition) is 0. The summed E-state index contributed by atoms with van der Waals surface area (Å²) in [6.45, 7) is 2.05. The number of halogens is 3. The molecule has 0 aliphatic carbocycles. The van der Waals surface area contributed by atoms with Crippen LogP contribution in [-0.4, -0.2) is 4.98 Å². The molecule has 6 heteroatoms. The Morgan fingerprint density at radius 3 is 2.89 bits per heavy atom. The third kappa shape index (κ3) is 3.85. The van der Waals surface area contributed by atoms with Crippen LogP contribution in [0.4, 0.5) is 0 Å². The molecule has 0 saturated carbocycles. The topological polar surface area (TPSA) is 22.1 Å². The van der Waals surface area contributed by atoms with Gasteiger partial charge in [0.2, 0.25) is 0 Å². The summed E-state index contributed by atoms with van der Waals surface area (Å²) in [4.78, 5) is 4.45. The fourth-order valence-electron chi connectivity index (χ4n) is 1.56. The Hall–Kier alpha value is -0.290. The highest BCUT2D eigenvalue weighted by atomic mass is 79.9. The van der Waals surface area contributed by atoms with Crippen molar-refractivity contribution in [2.75, 3.05) is 0 Å². The van der Waals surface area contributed by atoms with Crippen molar-refractivity contribution < 1.29 is 4.74 Å². The number of nitrogens with zero attached hydrogens (tertiary/aromatic N) is 1. The Morgan fingerprint density at radius 2 is 2.26 bits per heavy atom. The number of rotatable bonds is 5. The minimum absolute atomic E-state index is 0.103. The van der Waals surface area contributed by atoms with Crippen molar-refractivity contribution in [3.8, 4) is 5.75 Å². The molecule has 1 aromatic heterocycles. The van der Waals surface area contributed by atoms with Gasteiger partial charge in [-0.25, -0.2) is 4.98 Å². The van der Waals surface area contributed by atoms with Gasteiger partial charge < -0.3 is 4.74 Å². The number of alkyl halides is 1. The van der Waals surface area contributed by atoms with Gasteiger partial charge in [0.25, 0.3) is 0 Å². The lowest BCUT2D eigenvalue weighted by molar-refractivity contribution is 0.200. The normalized spacial score (nSPS) is 12.4. The first-order valence-electron chi connectivity index (χ1n) is 5.76. The number of hydrogen-bond acceptors (Lipinski definition) is 3. The van der Waals surface area contributed by atoms with Crippen LogP contribution in [0, 0.1) is 0 Å². The Bertz CT molecular complexity index is 561. The van der Waals surface area contributed by atoms with E-state index in [-0.39, 0.29) is 6.10 Å². The molecule has 1 atom stereocenters. The van der Waals surface area contributed by atoms with Crippen LogP contribution in [0.15, 0.2) is 28.1 Å². The summed E-state index contributed by atoms with van der Waals surface area (Å²) in [5.41, 5.74) is 0.879. The zero-order valence-electron chi connectivity index (χ0n) is 10.2. The van der Waals surface area contributed by atoms with Gasteiger partial charge in [0.05, 0.1) is 16.6 Å². The first-order valence-corrected chi connectivity index (χ1v) is 8.34. The fraction of sp³-hybridized carbons (Fsp3) is 0.308. The van der Waals surface area contributed by atoms with E-state index in [1.165, 1.54) is 0 Å².